The first-order valence-electron chi connectivity index (χ1n) is 12.1. The van der Waals surface area contributed by atoms with Gasteiger partial charge in [-0.15, -0.1) is 0 Å². The standard InChI is InChI=1S/C29H27N5O/c30-23-7-4-16-34-27(23)26(33-29(34)21-11-9-20(10-12-21)28(31)35)22-13-8-19-14-15-24(32-25(19)17-22)18-5-2-1-3-6-18/h1-8,13-17,20-21H,9-12,30H2,(H2,31,35). The summed E-state index contributed by atoms with van der Waals surface area (Å²) in [6, 6.07) is 24.5. The second-order valence-electron chi connectivity index (χ2n) is 9.42. The molecule has 0 bridgehead atoms. The third-order valence-electron chi connectivity index (χ3n) is 7.25. The van der Waals surface area contributed by atoms with Crippen molar-refractivity contribution in [2.45, 2.75) is 31.6 Å². The molecule has 6 rings (SSSR count). The lowest BCUT2D eigenvalue weighted by Gasteiger charge is -2.25. The lowest BCUT2D eigenvalue weighted by atomic mass is 9.81. The van der Waals surface area contributed by atoms with E-state index >= 15 is 0 Å². The van der Waals surface area contributed by atoms with Gasteiger partial charge in [-0.05, 0) is 49.9 Å². The fraction of sp³-hybridized carbons (Fsp3) is 0.207. The number of aromatic nitrogens is 3. The molecule has 1 aliphatic carbocycles. The second kappa shape index (κ2) is 8.55. The van der Waals surface area contributed by atoms with Crippen molar-refractivity contribution >= 4 is 28.0 Å². The van der Waals surface area contributed by atoms with Gasteiger partial charge in [0.1, 0.15) is 5.82 Å². The number of amides is 1. The van der Waals surface area contributed by atoms with Crippen LogP contribution < -0.4 is 11.5 Å². The first-order chi connectivity index (χ1) is 17.1. The van der Waals surface area contributed by atoms with E-state index in [1.54, 1.807) is 0 Å². The summed E-state index contributed by atoms with van der Waals surface area (Å²) < 4.78 is 2.12. The van der Waals surface area contributed by atoms with Crippen LogP contribution in [0.4, 0.5) is 5.69 Å². The first kappa shape index (κ1) is 21.4. The number of hydrogen-bond donors (Lipinski definition) is 2. The number of nitrogens with two attached hydrogens (primary N) is 2. The molecule has 3 heterocycles. The van der Waals surface area contributed by atoms with E-state index in [9.17, 15) is 4.79 Å². The summed E-state index contributed by atoms with van der Waals surface area (Å²) in [7, 11) is 0. The molecule has 4 N–H and O–H groups in total. The Balaban J connectivity index is 1.44. The van der Waals surface area contributed by atoms with Gasteiger partial charge < -0.3 is 15.9 Å². The Kier molecular flexibility index (Phi) is 5.21. The Bertz CT molecular complexity index is 1550. The van der Waals surface area contributed by atoms with E-state index in [0.29, 0.717) is 5.69 Å². The molecule has 174 valence electrons. The third-order valence-corrected chi connectivity index (χ3v) is 7.25. The number of carbonyl (C=O) groups excluding carboxylic acids is 1. The van der Waals surface area contributed by atoms with Crippen molar-refractivity contribution in [3.63, 3.8) is 0 Å². The molecule has 1 saturated carbocycles. The minimum absolute atomic E-state index is 0.0348. The lowest BCUT2D eigenvalue weighted by molar-refractivity contribution is -0.122. The highest BCUT2D eigenvalue weighted by Crippen LogP contribution is 2.39. The molecule has 5 aromatic rings. The average Bonchev–Trinajstić information content (AvgIpc) is 3.30. The average molecular weight is 462 g/mol. The molecule has 1 amide bonds. The zero-order valence-corrected chi connectivity index (χ0v) is 19.4. The predicted molar refractivity (Wildman–Crippen MR) is 140 cm³/mol. The fourth-order valence-electron chi connectivity index (χ4n) is 5.35. The van der Waals surface area contributed by atoms with E-state index in [1.165, 1.54) is 0 Å². The van der Waals surface area contributed by atoms with Gasteiger partial charge in [-0.25, -0.2) is 9.97 Å². The van der Waals surface area contributed by atoms with Gasteiger partial charge in [0.05, 0.1) is 28.1 Å². The van der Waals surface area contributed by atoms with Gasteiger partial charge in [0.15, 0.2) is 0 Å². The Hall–Kier alpha value is -4.19. The number of pyridine rings is 2. The van der Waals surface area contributed by atoms with Gasteiger partial charge in [0, 0.05) is 34.5 Å². The number of nitrogens with zero attached hydrogens (tertiary/aromatic N) is 3. The third kappa shape index (κ3) is 3.81. The molecule has 35 heavy (non-hydrogen) atoms. The highest BCUT2D eigenvalue weighted by Gasteiger charge is 2.29. The minimum Gasteiger partial charge on any atom is -0.397 e. The molecule has 1 aliphatic rings. The maximum absolute atomic E-state index is 11.6. The molecule has 3 aromatic heterocycles. The van der Waals surface area contributed by atoms with E-state index in [-0.39, 0.29) is 17.7 Å². The highest BCUT2D eigenvalue weighted by atomic mass is 16.1. The number of hydrogen-bond acceptors (Lipinski definition) is 4. The second-order valence-corrected chi connectivity index (χ2v) is 9.42. The summed E-state index contributed by atoms with van der Waals surface area (Å²) in [6.07, 6.45) is 5.41. The van der Waals surface area contributed by atoms with Gasteiger partial charge in [0.25, 0.3) is 0 Å². The Morgan fingerprint density at radius 3 is 2.40 bits per heavy atom. The number of nitrogen functional groups attached to an aromatic ring is 1. The zero-order valence-electron chi connectivity index (χ0n) is 19.4. The van der Waals surface area contributed by atoms with Gasteiger partial charge in [-0.1, -0.05) is 48.5 Å². The van der Waals surface area contributed by atoms with E-state index in [0.717, 1.165) is 70.4 Å². The smallest absolute Gasteiger partial charge is 0.220 e. The molecule has 6 heteroatoms. The molecule has 0 atom stereocenters. The van der Waals surface area contributed by atoms with E-state index in [2.05, 4.69) is 46.9 Å². The molecule has 0 spiro atoms. The van der Waals surface area contributed by atoms with Crippen LogP contribution in [0.5, 0.6) is 0 Å². The van der Waals surface area contributed by atoms with Crippen LogP contribution >= 0.6 is 0 Å². The van der Waals surface area contributed by atoms with Gasteiger partial charge in [-0.3, -0.25) is 4.79 Å². The van der Waals surface area contributed by atoms with Crippen molar-refractivity contribution in [3.8, 4) is 22.5 Å². The van der Waals surface area contributed by atoms with Crippen molar-refractivity contribution in [1.82, 2.24) is 14.4 Å². The summed E-state index contributed by atoms with van der Waals surface area (Å²) in [5.74, 6) is 1.03. The van der Waals surface area contributed by atoms with Crippen LogP contribution in [0.15, 0.2) is 79.0 Å². The molecule has 6 nitrogen and oxygen atoms in total. The van der Waals surface area contributed by atoms with Crippen LogP contribution in [-0.4, -0.2) is 20.3 Å². The predicted octanol–water partition coefficient (Wildman–Crippen LogP) is 5.56. The maximum atomic E-state index is 11.6. The van der Waals surface area contributed by atoms with Crippen molar-refractivity contribution in [1.29, 1.82) is 0 Å². The highest BCUT2D eigenvalue weighted by molar-refractivity contribution is 5.92. The van der Waals surface area contributed by atoms with Crippen LogP contribution in [0.25, 0.3) is 38.9 Å². The number of benzene rings is 2. The van der Waals surface area contributed by atoms with Crippen molar-refractivity contribution in [2.24, 2.45) is 11.7 Å². The van der Waals surface area contributed by atoms with Gasteiger partial charge >= 0.3 is 0 Å². The molecule has 0 aliphatic heterocycles. The molecular formula is C29H27N5O. The quantitative estimate of drug-likeness (QED) is 0.366. The van der Waals surface area contributed by atoms with Crippen LogP contribution in [0.3, 0.4) is 0 Å². The Morgan fingerprint density at radius 2 is 1.63 bits per heavy atom. The number of fused-ring (bicyclic) bond motifs is 2. The Morgan fingerprint density at radius 1 is 0.857 bits per heavy atom. The van der Waals surface area contributed by atoms with Crippen LogP contribution in [-0.2, 0) is 4.79 Å². The summed E-state index contributed by atoms with van der Waals surface area (Å²) in [5.41, 5.74) is 18.4. The Labute approximate surface area is 203 Å². The lowest BCUT2D eigenvalue weighted by Crippen LogP contribution is -2.27. The summed E-state index contributed by atoms with van der Waals surface area (Å²) in [6.45, 7) is 0. The number of imidazole rings is 1. The SMILES string of the molecule is NC(=O)C1CCC(c2nc(-c3ccc4ccc(-c5ccccc5)nc4c3)c3c(N)cccn23)CC1. The molecule has 0 unspecified atom stereocenters. The fourth-order valence-corrected chi connectivity index (χ4v) is 5.35. The van der Waals surface area contributed by atoms with Crippen LogP contribution in [0.1, 0.15) is 37.4 Å². The number of carbonyl (C=O) groups is 1. The number of anilines is 1. The topological polar surface area (TPSA) is 99.3 Å². The zero-order chi connectivity index (χ0) is 23.9. The molecular weight excluding hydrogens is 434 g/mol. The largest absolute Gasteiger partial charge is 0.397 e. The van der Waals surface area contributed by atoms with Crippen LogP contribution in [0, 0.1) is 5.92 Å². The monoisotopic (exact) mass is 461 g/mol. The number of primary amides is 1. The maximum Gasteiger partial charge on any atom is 0.220 e. The summed E-state index contributed by atoms with van der Waals surface area (Å²) in [5, 5.41) is 1.08. The van der Waals surface area contributed by atoms with Crippen molar-refractivity contribution < 1.29 is 4.79 Å². The van der Waals surface area contributed by atoms with E-state index in [1.807, 2.05) is 36.5 Å². The normalized spacial score (nSPS) is 18.2. The number of rotatable bonds is 4. The van der Waals surface area contributed by atoms with Crippen molar-refractivity contribution in [2.75, 3.05) is 5.73 Å². The summed E-state index contributed by atoms with van der Waals surface area (Å²) in [4.78, 5) is 21.7. The molecule has 0 radical (unpaired) electrons. The minimum atomic E-state index is -0.195. The van der Waals surface area contributed by atoms with Gasteiger partial charge in [0.2, 0.25) is 5.91 Å². The van der Waals surface area contributed by atoms with E-state index < -0.39 is 0 Å². The van der Waals surface area contributed by atoms with Crippen molar-refractivity contribution in [3.05, 3.63) is 84.8 Å². The molecule has 2 aromatic carbocycles. The summed E-state index contributed by atoms with van der Waals surface area (Å²) >= 11 is 0. The first-order valence-corrected chi connectivity index (χ1v) is 12.1. The molecule has 1 fully saturated rings. The van der Waals surface area contributed by atoms with E-state index in [4.69, 9.17) is 21.4 Å². The van der Waals surface area contributed by atoms with Crippen LogP contribution in [0.2, 0.25) is 0 Å². The van der Waals surface area contributed by atoms with Gasteiger partial charge in [-0.2, -0.15) is 0 Å². The molecule has 0 saturated heterocycles.